The highest BCUT2D eigenvalue weighted by Gasteiger charge is 2.12. The van der Waals surface area contributed by atoms with Crippen molar-refractivity contribution in [3.05, 3.63) is 29.8 Å². The van der Waals surface area contributed by atoms with Crippen LogP contribution in [0.2, 0.25) is 0 Å². The van der Waals surface area contributed by atoms with E-state index >= 15 is 0 Å². The summed E-state index contributed by atoms with van der Waals surface area (Å²) in [5.41, 5.74) is 1.03. The number of ether oxygens (including phenoxy) is 2. The highest BCUT2D eigenvalue weighted by atomic mass is 16.6. The number of nitrogens with one attached hydrogen (secondary N) is 1. The lowest BCUT2D eigenvalue weighted by atomic mass is 10.1. The predicted octanol–water partition coefficient (Wildman–Crippen LogP) is 2.30. The van der Waals surface area contributed by atoms with Gasteiger partial charge < -0.3 is 14.8 Å². The van der Waals surface area contributed by atoms with Crippen LogP contribution in [0.25, 0.3) is 0 Å². The fraction of sp³-hybridized carbons (Fsp3) is 0.500. The third-order valence-electron chi connectivity index (χ3n) is 2.53. The van der Waals surface area contributed by atoms with E-state index in [0.717, 1.165) is 5.56 Å². The first-order chi connectivity index (χ1) is 8.54. The SMILES string of the molecule is CNC(C)c1ccccc1OCC(=O)OC(C)C. The number of hydrogen-bond donors (Lipinski definition) is 1. The molecule has 0 aliphatic rings. The Balaban J connectivity index is 2.64. The molecule has 0 aliphatic carbocycles. The molecule has 0 aliphatic heterocycles. The molecule has 18 heavy (non-hydrogen) atoms. The topological polar surface area (TPSA) is 47.6 Å². The molecule has 0 amide bonds. The van der Waals surface area contributed by atoms with E-state index in [2.05, 4.69) is 5.32 Å². The maximum absolute atomic E-state index is 11.4. The summed E-state index contributed by atoms with van der Waals surface area (Å²) in [5.74, 6) is 0.358. The Morgan fingerprint density at radius 2 is 1.94 bits per heavy atom. The molecule has 0 spiro atoms. The van der Waals surface area contributed by atoms with Gasteiger partial charge in [0.2, 0.25) is 0 Å². The van der Waals surface area contributed by atoms with E-state index < -0.39 is 0 Å². The summed E-state index contributed by atoms with van der Waals surface area (Å²) < 4.78 is 10.5. The van der Waals surface area contributed by atoms with Crippen molar-refractivity contribution in [1.82, 2.24) is 5.32 Å². The number of carbonyl (C=O) groups is 1. The minimum Gasteiger partial charge on any atom is -0.482 e. The Kier molecular flexibility index (Phi) is 5.65. The van der Waals surface area contributed by atoms with E-state index in [1.54, 1.807) is 0 Å². The van der Waals surface area contributed by atoms with Crippen molar-refractivity contribution in [2.45, 2.75) is 32.9 Å². The van der Waals surface area contributed by atoms with Crippen molar-refractivity contribution in [1.29, 1.82) is 0 Å². The van der Waals surface area contributed by atoms with E-state index in [-0.39, 0.29) is 24.7 Å². The first-order valence-electron chi connectivity index (χ1n) is 6.13. The first kappa shape index (κ1) is 14.5. The lowest BCUT2D eigenvalue weighted by Gasteiger charge is -2.16. The van der Waals surface area contributed by atoms with Gasteiger partial charge in [0.1, 0.15) is 5.75 Å². The maximum Gasteiger partial charge on any atom is 0.344 e. The van der Waals surface area contributed by atoms with Crippen molar-refractivity contribution in [2.24, 2.45) is 0 Å². The second-order valence-corrected chi connectivity index (χ2v) is 4.38. The summed E-state index contributed by atoms with van der Waals surface area (Å²) in [6, 6.07) is 7.83. The zero-order valence-electron chi connectivity index (χ0n) is 11.4. The van der Waals surface area contributed by atoms with Crippen molar-refractivity contribution in [2.75, 3.05) is 13.7 Å². The second-order valence-electron chi connectivity index (χ2n) is 4.38. The van der Waals surface area contributed by atoms with Crippen LogP contribution < -0.4 is 10.1 Å². The molecule has 0 radical (unpaired) electrons. The highest BCUT2D eigenvalue weighted by molar-refractivity contribution is 5.71. The molecule has 4 heteroatoms. The van der Waals surface area contributed by atoms with Crippen LogP contribution >= 0.6 is 0 Å². The molecule has 1 aromatic carbocycles. The van der Waals surface area contributed by atoms with E-state index in [9.17, 15) is 4.79 Å². The molecular formula is C14H21NO3. The van der Waals surface area contributed by atoms with Crippen LogP contribution in [0.5, 0.6) is 5.75 Å². The number of rotatable bonds is 6. The number of para-hydroxylation sites is 1. The quantitative estimate of drug-likeness (QED) is 0.788. The average molecular weight is 251 g/mol. The second kappa shape index (κ2) is 7.01. The molecule has 0 saturated heterocycles. The van der Waals surface area contributed by atoms with Crippen LogP contribution in [0.15, 0.2) is 24.3 Å². The lowest BCUT2D eigenvalue weighted by molar-refractivity contribution is -0.149. The molecular weight excluding hydrogens is 230 g/mol. The summed E-state index contributed by atoms with van der Waals surface area (Å²) in [4.78, 5) is 11.4. The molecule has 1 unspecified atom stereocenters. The van der Waals surface area contributed by atoms with Gasteiger partial charge in [-0.25, -0.2) is 4.79 Å². The van der Waals surface area contributed by atoms with Crippen LogP contribution in [-0.2, 0) is 9.53 Å². The summed E-state index contributed by atoms with van der Waals surface area (Å²) in [5, 5.41) is 3.15. The van der Waals surface area contributed by atoms with Gasteiger partial charge >= 0.3 is 5.97 Å². The number of carbonyl (C=O) groups excluding carboxylic acids is 1. The van der Waals surface area contributed by atoms with Crippen LogP contribution in [0.4, 0.5) is 0 Å². The monoisotopic (exact) mass is 251 g/mol. The molecule has 1 atom stereocenters. The zero-order valence-corrected chi connectivity index (χ0v) is 11.4. The highest BCUT2D eigenvalue weighted by Crippen LogP contribution is 2.24. The van der Waals surface area contributed by atoms with Crippen molar-refractivity contribution in [3.8, 4) is 5.75 Å². The standard InChI is InChI=1S/C14H21NO3/c1-10(2)18-14(16)9-17-13-8-6-5-7-12(13)11(3)15-4/h5-8,10-11,15H,9H2,1-4H3. The van der Waals surface area contributed by atoms with Gasteiger partial charge in [0.05, 0.1) is 6.10 Å². The van der Waals surface area contributed by atoms with Gasteiger partial charge in [-0.1, -0.05) is 18.2 Å². The van der Waals surface area contributed by atoms with E-state index in [4.69, 9.17) is 9.47 Å². The average Bonchev–Trinajstić information content (AvgIpc) is 2.35. The summed E-state index contributed by atoms with van der Waals surface area (Å²) >= 11 is 0. The Morgan fingerprint density at radius 3 is 2.56 bits per heavy atom. The Morgan fingerprint density at radius 1 is 1.28 bits per heavy atom. The Labute approximate surface area is 108 Å². The molecule has 0 saturated carbocycles. The van der Waals surface area contributed by atoms with Crippen LogP contribution in [0, 0.1) is 0 Å². The summed E-state index contributed by atoms with van der Waals surface area (Å²) in [7, 11) is 1.88. The van der Waals surface area contributed by atoms with Gasteiger partial charge in [-0.3, -0.25) is 0 Å². The van der Waals surface area contributed by atoms with Gasteiger partial charge in [0.25, 0.3) is 0 Å². The van der Waals surface area contributed by atoms with E-state index in [1.807, 2.05) is 52.1 Å². The normalized spacial score (nSPS) is 12.3. The van der Waals surface area contributed by atoms with E-state index in [0.29, 0.717) is 5.75 Å². The molecule has 1 rings (SSSR count). The Hall–Kier alpha value is -1.55. The van der Waals surface area contributed by atoms with Gasteiger partial charge in [-0.05, 0) is 33.9 Å². The van der Waals surface area contributed by atoms with Gasteiger partial charge in [-0.2, -0.15) is 0 Å². The minimum absolute atomic E-state index is 0.0639. The molecule has 1 aromatic rings. The molecule has 0 bridgehead atoms. The zero-order chi connectivity index (χ0) is 13.5. The van der Waals surface area contributed by atoms with Crippen molar-refractivity contribution in [3.63, 3.8) is 0 Å². The van der Waals surface area contributed by atoms with E-state index in [1.165, 1.54) is 0 Å². The first-order valence-corrected chi connectivity index (χ1v) is 6.13. The molecule has 4 nitrogen and oxygen atoms in total. The maximum atomic E-state index is 11.4. The smallest absolute Gasteiger partial charge is 0.344 e. The Bertz CT molecular complexity index is 390. The van der Waals surface area contributed by atoms with Crippen molar-refractivity contribution < 1.29 is 14.3 Å². The van der Waals surface area contributed by atoms with Gasteiger partial charge in [-0.15, -0.1) is 0 Å². The molecule has 0 fully saturated rings. The van der Waals surface area contributed by atoms with Gasteiger partial charge in [0, 0.05) is 11.6 Å². The summed E-state index contributed by atoms with van der Waals surface area (Å²) in [6.07, 6.45) is -0.118. The van der Waals surface area contributed by atoms with Crippen molar-refractivity contribution >= 4 is 5.97 Å². The molecule has 100 valence electrons. The number of hydrogen-bond acceptors (Lipinski definition) is 4. The fourth-order valence-corrected chi connectivity index (χ4v) is 1.56. The molecule has 0 heterocycles. The van der Waals surface area contributed by atoms with Crippen LogP contribution in [0.3, 0.4) is 0 Å². The molecule has 0 aromatic heterocycles. The third-order valence-corrected chi connectivity index (χ3v) is 2.53. The minimum atomic E-state index is -0.350. The third kappa shape index (κ3) is 4.37. The van der Waals surface area contributed by atoms with Gasteiger partial charge in [0.15, 0.2) is 6.61 Å². The number of benzene rings is 1. The van der Waals surface area contributed by atoms with Crippen LogP contribution in [0.1, 0.15) is 32.4 Å². The largest absolute Gasteiger partial charge is 0.482 e. The lowest BCUT2D eigenvalue weighted by Crippen LogP contribution is -2.20. The molecule has 1 N–H and O–H groups in total. The number of esters is 1. The predicted molar refractivity (Wildman–Crippen MR) is 70.6 cm³/mol. The van der Waals surface area contributed by atoms with Crippen LogP contribution in [-0.4, -0.2) is 25.7 Å². The fourth-order valence-electron chi connectivity index (χ4n) is 1.56. The summed E-state index contributed by atoms with van der Waals surface area (Å²) in [6.45, 7) is 5.60.